The van der Waals surface area contributed by atoms with E-state index in [0.717, 1.165) is 17.1 Å². The van der Waals surface area contributed by atoms with Gasteiger partial charge in [0.1, 0.15) is 5.75 Å². The van der Waals surface area contributed by atoms with Crippen LogP contribution in [-0.4, -0.2) is 62.7 Å². The average molecular weight is 381 g/mol. The second kappa shape index (κ2) is 7.24. The highest BCUT2D eigenvalue weighted by molar-refractivity contribution is 7.89. The molecule has 9 heteroatoms. The quantitative estimate of drug-likeness (QED) is 0.836. The average Bonchev–Trinajstić information content (AvgIpc) is 2.60. The van der Waals surface area contributed by atoms with Crippen LogP contribution in [0.3, 0.4) is 0 Å². The van der Waals surface area contributed by atoms with E-state index in [0.29, 0.717) is 30.4 Å². The Kier molecular flexibility index (Phi) is 5.19. The molecule has 1 aromatic carbocycles. The summed E-state index contributed by atoms with van der Waals surface area (Å²) >= 11 is 0. The van der Waals surface area contributed by atoms with E-state index in [9.17, 15) is 18.0 Å². The number of rotatable bonds is 4. The first-order valence-corrected chi connectivity index (χ1v) is 10.0. The Balaban J connectivity index is 1.74. The number of hydrogen-bond acceptors (Lipinski definition) is 5. The van der Waals surface area contributed by atoms with Crippen LogP contribution in [0.25, 0.3) is 0 Å². The second-order valence-electron chi connectivity index (χ2n) is 6.84. The van der Waals surface area contributed by atoms with Gasteiger partial charge in [-0.05, 0) is 37.0 Å². The molecule has 0 saturated carbocycles. The lowest BCUT2D eigenvalue weighted by Gasteiger charge is -2.32. The molecule has 2 heterocycles. The second-order valence-corrected chi connectivity index (χ2v) is 8.89. The van der Waals surface area contributed by atoms with E-state index in [1.54, 1.807) is 4.90 Å². The Bertz CT molecular complexity index is 824. The standard InChI is InChI=1S/C17H23N3O5S/c1-12-4-3-7-20(9-12)17(22)10-19(2)26(23,24)13-5-6-15-14(8-13)18-16(21)11-25-15/h5-6,8,12H,3-4,7,9-11H2,1-2H3,(H,18,21)/t12-/m1/s1. The van der Waals surface area contributed by atoms with Crippen molar-refractivity contribution in [1.82, 2.24) is 9.21 Å². The predicted molar refractivity (Wildman–Crippen MR) is 95.4 cm³/mol. The molecule has 26 heavy (non-hydrogen) atoms. The van der Waals surface area contributed by atoms with Gasteiger partial charge >= 0.3 is 0 Å². The van der Waals surface area contributed by atoms with Crippen LogP contribution in [0.1, 0.15) is 19.8 Å². The van der Waals surface area contributed by atoms with Crippen molar-refractivity contribution in [3.8, 4) is 5.75 Å². The van der Waals surface area contributed by atoms with Gasteiger partial charge in [0.15, 0.2) is 6.61 Å². The monoisotopic (exact) mass is 381 g/mol. The molecule has 0 spiro atoms. The molecular formula is C17H23N3O5S. The maximum absolute atomic E-state index is 12.8. The highest BCUT2D eigenvalue weighted by atomic mass is 32.2. The van der Waals surface area contributed by atoms with E-state index in [1.165, 1.54) is 25.2 Å². The molecule has 0 aliphatic carbocycles. The Morgan fingerprint density at radius 2 is 2.19 bits per heavy atom. The van der Waals surface area contributed by atoms with Crippen molar-refractivity contribution >= 4 is 27.5 Å². The van der Waals surface area contributed by atoms with Crippen LogP contribution in [-0.2, 0) is 19.6 Å². The number of carbonyl (C=O) groups is 2. The lowest BCUT2D eigenvalue weighted by Crippen LogP contribution is -2.45. The van der Waals surface area contributed by atoms with Crippen molar-refractivity contribution < 1.29 is 22.7 Å². The molecule has 2 aliphatic heterocycles. The van der Waals surface area contributed by atoms with Crippen LogP contribution in [0.5, 0.6) is 5.75 Å². The number of sulfonamides is 1. The summed E-state index contributed by atoms with van der Waals surface area (Å²) < 4.78 is 31.8. The molecule has 8 nitrogen and oxygen atoms in total. The molecule has 0 unspecified atom stereocenters. The van der Waals surface area contributed by atoms with Gasteiger partial charge in [0.25, 0.3) is 5.91 Å². The summed E-state index contributed by atoms with van der Waals surface area (Å²) in [6, 6.07) is 4.27. The fourth-order valence-electron chi connectivity index (χ4n) is 3.19. The number of piperidine rings is 1. The van der Waals surface area contributed by atoms with Crippen LogP contribution >= 0.6 is 0 Å². The van der Waals surface area contributed by atoms with Crippen molar-refractivity contribution in [1.29, 1.82) is 0 Å². The summed E-state index contributed by atoms with van der Waals surface area (Å²) in [6.07, 6.45) is 2.02. The number of amides is 2. The van der Waals surface area contributed by atoms with E-state index < -0.39 is 10.0 Å². The van der Waals surface area contributed by atoms with Crippen LogP contribution in [0, 0.1) is 5.92 Å². The number of hydrogen-bond donors (Lipinski definition) is 1. The van der Waals surface area contributed by atoms with Gasteiger partial charge in [-0.3, -0.25) is 9.59 Å². The van der Waals surface area contributed by atoms with Gasteiger partial charge in [0.2, 0.25) is 15.9 Å². The molecule has 1 atom stereocenters. The number of fused-ring (bicyclic) bond motifs is 1. The SMILES string of the molecule is C[C@@H]1CCCN(C(=O)CN(C)S(=O)(=O)c2ccc3c(c2)NC(=O)CO3)C1. The smallest absolute Gasteiger partial charge is 0.262 e. The molecule has 2 amide bonds. The van der Waals surface area contributed by atoms with Crippen LogP contribution < -0.4 is 10.1 Å². The van der Waals surface area contributed by atoms with Gasteiger partial charge in [0, 0.05) is 20.1 Å². The topological polar surface area (TPSA) is 96.0 Å². The third-order valence-electron chi connectivity index (χ3n) is 4.66. The summed E-state index contributed by atoms with van der Waals surface area (Å²) in [4.78, 5) is 25.6. The third kappa shape index (κ3) is 3.83. The lowest BCUT2D eigenvalue weighted by molar-refractivity contribution is -0.132. The van der Waals surface area contributed by atoms with E-state index >= 15 is 0 Å². The van der Waals surface area contributed by atoms with Crippen molar-refractivity contribution in [2.45, 2.75) is 24.7 Å². The van der Waals surface area contributed by atoms with E-state index in [-0.39, 0.29) is 29.9 Å². The Morgan fingerprint density at radius 3 is 2.92 bits per heavy atom. The highest BCUT2D eigenvalue weighted by Gasteiger charge is 2.28. The molecule has 1 N–H and O–H groups in total. The number of anilines is 1. The van der Waals surface area contributed by atoms with E-state index in [2.05, 4.69) is 12.2 Å². The summed E-state index contributed by atoms with van der Waals surface area (Å²) in [6.45, 7) is 3.11. The fourth-order valence-corrected chi connectivity index (χ4v) is 4.34. The maximum Gasteiger partial charge on any atom is 0.262 e. The third-order valence-corrected chi connectivity index (χ3v) is 6.46. The van der Waals surface area contributed by atoms with Crippen LogP contribution in [0.15, 0.2) is 23.1 Å². The molecular weight excluding hydrogens is 358 g/mol. The molecule has 2 aliphatic rings. The van der Waals surface area contributed by atoms with Crippen LogP contribution in [0.4, 0.5) is 5.69 Å². The number of benzene rings is 1. The number of likely N-dealkylation sites (N-methyl/N-ethyl adjacent to an activating group) is 1. The molecule has 142 valence electrons. The largest absolute Gasteiger partial charge is 0.482 e. The zero-order valence-corrected chi connectivity index (χ0v) is 15.7. The molecule has 1 aromatic rings. The lowest BCUT2D eigenvalue weighted by atomic mass is 10.0. The Labute approximate surface area is 153 Å². The minimum absolute atomic E-state index is 0.00404. The van der Waals surface area contributed by atoms with Gasteiger partial charge in [-0.15, -0.1) is 0 Å². The van der Waals surface area contributed by atoms with E-state index in [1.807, 2.05) is 0 Å². The maximum atomic E-state index is 12.8. The first-order chi connectivity index (χ1) is 12.3. The molecule has 0 aromatic heterocycles. The number of likely N-dealkylation sites (tertiary alicyclic amines) is 1. The minimum Gasteiger partial charge on any atom is -0.482 e. The van der Waals surface area contributed by atoms with Crippen molar-refractivity contribution in [2.24, 2.45) is 5.92 Å². The zero-order valence-electron chi connectivity index (χ0n) is 14.9. The summed E-state index contributed by atoms with van der Waals surface area (Å²) in [5.41, 5.74) is 0.312. The normalized spacial score (nSPS) is 20.3. The number of ether oxygens (including phenoxy) is 1. The van der Waals surface area contributed by atoms with Crippen molar-refractivity contribution in [2.75, 3.05) is 38.6 Å². The Hall–Kier alpha value is -2.13. The molecule has 1 saturated heterocycles. The molecule has 0 bridgehead atoms. The molecule has 3 rings (SSSR count). The first-order valence-electron chi connectivity index (χ1n) is 8.58. The highest BCUT2D eigenvalue weighted by Crippen LogP contribution is 2.31. The fraction of sp³-hybridized carbons (Fsp3) is 0.529. The van der Waals surface area contributed by atoms with Crippen molar-refractivity contribution in [3.05, 3.63) is 18.2 Å². The van der Waals surface area contributed by atoms with Gasteiger partial charge in [-0.2, -0.15) is 4.31 Å². The number of carbonyl (C=O) groups excluding carboxylic acids is 2. The zero-order chi connectivity index (χ0) is 18.9. The molecule has 0 radical (unpaired) electrons. The van der Waals surface area contributed by atoms with E-state index in [4.69, 9.17) is 4.74 Å². The van der Waals surface area contributed by atoms with Crippen LogP contribution in [0.2, 0.25) is 0 Å². The summed E-state index contributed by atoms with van der Waals surface area (Å²) in [5.74, 6) is 0.315. The first kappa shape index (κ1) is 18.7. The Morgan fingerprint density at radius 1 is 1.42 bits per heavy atom. The predicted octanol–water partition coefficient (Wildman–Crippen LogP) is 0.897. The van der Waals surface area contributed by atoms with Gasteiger partial charge in [-0.25, -0.2) is 8.42 Å². The summed E-state index contributed by atoms with van der Waals surface area (Å²) in [5, 5.41) is 2.59. The van der Waals surface area contributed by atoms with Gasteiger partial charge in [0.05, 0.1) is 17.1 Å². The van der Waals surface area contributed by atoms with Gasteiger partial charge < -0.3 is 15.0 Å². The van der Waals surface area contributed by atoms with Gasteiger partial charge in [-0.1, -0.05) is 6.92 Å². The molecule has 1 fully saturated rings. The minimum atomic E-state index is -3.86. The van der Waals surface area contributed by atoms with Crippen molar-refractivity contribution in [3.63, 3.8) is 0 Å². The summed E-state index contributed by atoms with van der Waals surface area (Å²) in [7, 11) is -2.47. The number of nitrogens with one attached hydrogen (secondary N) is 1. The number of nitrogens with zero attached hydrogens (tertiary/aromatic N) is 2.